The van der Waals surface area contributed by atoms with E-state index in [-0.39, 0.29) is 0 Å². The molecule has 0 amide bonds. The molecule has 0 bridgehead atoms. The lowest BCUT2D eigenvalue weighted by Gasteiger charge is -2.16. The number of rotatable bonds is 5. The van der Waals surface area contributed by atoms with Crippen LogP contribution < -0.4 is 0 Å². The summed E-state index contributed by atoms with van der Waals surface area (Å²) in [4.78, 5) is 4.86. The SMILES string of the molecule is C=C(C)/C(=C(/C)P)c1cnc(/C(=C\C(C)C)c2ccc(C)cc2)c(C)c1. The van der Waals surface area contributed by atoms with Crippen LogP contribution in [0.3, 0.4) is 0 Å². The summed E-state index contributed by atoms with van der Waals surface area (Å²) in [6.07, 6.45) is 4.28. The molecular weight excluding hydrogens is 333 g/mol. The zero-order valence-electron chi connectivity index (χ0n) is 16.9. The fraction of sp³-hybridized carbons (Fsp3) is 0.292. The Kier molecular flexibility index (Phi) is 6.73. The molecule has 2 rings (SSSR count). The highest BCUT2D eigenvalue weighted by Gasteiger charge is 2.13. The standard InChI is InChI=1S/C24H30NP/c1-15(2)12-22(20-10-8-17(5)9-11-20)24-18(6)13-21(14-25-24)23(16(3)4)19(7)26/h8-15H,3,26H2,1-2,4-7H3/b22-12-,23-19+. The van der Waals surface area contributed by atoms with E-state index in [1.165, 1.54) is 33.2 Å². The molecule has 0 saturated heterocycles. The largest absolute Gasteiger partial charge is 0.255 e. The normalized spacial score (nSPS) is 13.0. The minimum absolute atomic E-state index is 0.451. The van der Waals surface area contributed by atoms with E-state index in [2.05, 4.69) is 86.8 Å². The maximum absolute atomic E-state index is 4.86. The second-order valence-corrected chi connectivity index (χ2v) is 8.28. The summed E-state index contributed by atoms with van der Waals surface area (Å²) >= 11 is 0. The maximum atomic E-state index is 4.86. The van der Waals surface area contributed by atoms with Gasteiger partial charge in [-0.25, -0.2) is 0 Å². The van der Waals surface area contributed by atoms with Crippen molar-refractivity contribution in [1.29, 1.82) is 0 Å². The molecule has 1 unspecified atom stereocenters. The Hall–Kier alpha value is -1.98. The van der Waals surface area contributed by atoms with Gasteiger partial charge in [-0.3, -0.25) is 4.98 Å². The Balaban J connectivity index is 2.59. The molecule has 1 heterocycles. The van der Waals surface area contributed by atoms with E-state index >= 15 is 0 Å². The minimum atomic E-state index is 0.451. The first-order chi connectivity index (χ1) is 12.2. The molecule has 0 aliphatic carbocycles. The summed E-state index contributed by atoms with van der Waals surface area (Å²) in [5.41, 5.74) is 9.26. The number of benzene rings is 1. The van der Waals surface area contributed by atoms with Gasteiger partial charge in [0.1, 0.15) is 0 Å². The third-order valence-corrected chi connectivity index (χ3v) is 4.59. The first-order valence-electron chi connectivity index (χ1n) is 9.09. The van der Waals surface area contributed by atoms with Gasteiger partial charge in [-0.15, -0.1) is 9.24 Å². The van der Waals surface area contributed by atoms with Gasteiger partial charge in [0, 0.05) is 17.3 Å². The second-order valence-electron chi connectivity index (χ2n) is 7.42. The summed E-state index contributed by atoms with van der Waals surface area (Å²) in [5.74, 6) is 0.451. The van der Waals surface area contributed by atoms with Gasteiger partial charge in [-0.05, 0) is 61.7 Å². The molecule has 2 aromatic rings. The van der Waals surface area contributed by atoms with Gasteiger partial charge >= 0.3 is 0 Å². The van der Waals surface area contributed by atoms with Gasteiger partial charge in [-0.1, -0.05) is 61.9 Å². The van der Waals surface area contributed by atoms with E-state index in [0.29, 0.717) is 5.92 Å². The van der Waals surface area contributed by atoms with Crippen molar-refractivity contribution in [3.05, 3.63) is 88.0 Å². The maximum Gasteiger partial charge on any atom is 0.0734 e. The van der Waals surface area contributed by atoms with Gasteiger partial charge in [0.25, 0.3) is 0 Å². The van der Waals surface area contributed by atoms with Crippen LogP contribution in [0.15, 0.2) is 60.1 Å². The van der Waals surface area contributed by atoms with Gasteiger partial charge in [0.05, 0.1) is 5.69 Å². The fourth-order valence-electron chi connectivity index (χ4n) is 3.18. The van der Waals surface area contributed by atoms with E-state index in [0.717, 1.165) is 16.8 Å². The summed E-state index contributed by atoms with van der Waals surface area (Å²) in [6, 6.07) is 10.9. The molecule has 0 radical (unpaired) electrons. The highest BCUT2D eigenvalue weighted by molar-refractivity contribution is 7.22. The van der Waals surface area contributed by atoms with Crippen molar-refractivity contribution in [2.75, 3.05) is 0 Å². The predicted molar refractivity (Wildman–Crippen MR) is 119 cm³/mol. The van der Waals surface area contributed by atoms with Crippen molar-refractivity contribution in [3.8, 4) is 0 Å². The van der Waals surface area contributed by atoms with Crippen LogP contribution in [0, 0.1) is 19.8 Å². The van der Waals surface area contributed by atoms with Crippen LogP contribution in [0.2, 0.25) is 0 Å². The van der Waals surface area contributed by atoms with Crippen LogP contribution in [0.5, 0.6) is 0 Å². The van der Waals surface area contributed by atoms with Crippen molar-refractivity contribution in [3.63, 3.8) is 0 Å². The molecule has 0 fully saturated rings. The highest BCUT2D eigenvalue weighted by atomic mass is 31.0. The number of pyridine rings is 1. The zero-order valence-corrected chi connectivity index (χ0v) is 18.0. The molecule has 136 valence electrons. The highest BCUT2D eigenvalue weighted by Crippen LogP contribution is 2.32. The lowest BCUT2D eigenvalue weighted by atomic mass is 9.93. The molecule has 0 spiro atoms. The first-order valence-corrected chi connectivity index (χ1v) is 9.67. The lowest BCUT2D eigenvalue weighted by molar-refractivity contribution is 0.833. The molecular formula is C24H30NP. The van der Waals surface area contributed by atoms with Gasteiger partial charge in [-0.2, -0.15) is 0 Å². The lowest BCUT2D eigenvalue weighted by Crippen LogP contribution is -2.00. The molecule has 1 aromatic heterocycles. The van der Waals surface area contributed by atoms with Crippen molar-refractivity contribution in [1.82, 2.24) is 4.98 Å². The smallest absolute Gasteiger partial charge is 0.0734 e. The monoisotopic (exact) mass is 363 g/mol. The summed E-state index contributed by atoms with van der Waals surface area (Å²) in [7, 11) is 2.79. The molecule has 1 nitrogen and oxygen atoms in total. The van der Waals surface area contributed by atoms with Crippen LogP contribution in [-0.2, 0) is 0 Å². The number of nitrogens with zero attached hydrogens (tertiary/aromatic N) is 1. The molecule has 0 N–H and O–H groups in total. The summed E-state index contributed by atoms with van der Waals surface area (Å²) in [6.45, 7) is 16.9. The van der Waals surface area contributed by atoms with E-state index in [1.54, 1.807) is 0 Å². The molecule has 1 atom stereocenters. The Morgan fingerprint density at radius 3 is 2.15 bits per heavy atom. The average molecular weight is 363 g/mol. The molecule has 0 aliphatic heterocycles. The summed E-state index contributed by atoms with van der Waals surface area (Å²) < 4.78 is 0. The zero-order chi connectivity index (χ0) is 19.4. The Morgan fingerprint density at radius 1 is 1.08 bits per heavy atom. The topological polar surface area (TPSA) is 12.9 Å². The van der Waals surface area contributed by atoms with Crippen LogP contribution in [-0.4, -0.2) is 4.98 Å². The van der Waals surface area contributed by atoms with E-state index in [9.17, 15) is 0 Å². The van der Waals surface area contributed by atoms with Crippen molar-refractivity contribution >= 4 is 20.4 Å². The third kappa shape index (κ3) is 4.80. The van der Waals surface area contributed by atoms with Crippen molar-refractivity contribution < 1.29 is 0 Å². The minimum Gasteiger partial charge on any atom is -0.255 e. The number of aromatic nitrogens is 1. The Morgan fingerprint density at radius 2 is 1.69 bits per heavy atom. The quantitative estimate of drug-likeness (QED) is 0.413. The Bertz CT molecular complexity index is 864. The average Bonchev–Trinajstić information content (AvgIpc) is 2.53. The first kappa shape index (κ1) is 20.3. The molecule has 0 aliphatic rings. The van der Waals surface area contributed by atoms with E-state index in [4.69, 9.17) is 4.98 Å². The number of allylic oxidation sites excluding steroid dienone is 4. The van der Waals surface area contributed by atoms with E-state index in [1.807, 2.05) is 13.1 Å². The van der Waals surface area contributed by atoms with Crippen molar-refractivity contribution in [2.24, 2.45) is 5.92 Å². The molecule has 1 aromatic carbocycles. The van der Waals surface area contributed by atoms with Crippen molar-refractivity contribution in [2.45, 2.75) is 41.5 Å². The number of aryl methyl sites for hydroxylation is 2. The van der Waals surface area contributed by atoms with E-state index < -0.39 is 0 Å². The van der Waals surface area contributed by atoms with Gasteiger partial charge in [0.15, 0.2) is 0 Å². The number of hydrogen-bond donors (Lipinski definition) is 0. The summed E-state index contributed by atoms with van der Waals surface area (Å²) in [5, 5.41) is 1.18. The predicted octanol–water partition coefficient (Wildman–Crippen LogP) is 6.97. The molecule has 2 heteroatoms. The Labute approximate surface area is 161 Å². The van der Waals surface area contributed by atoms with Gasteiger partial charge < -0.3 is 0 Å². The third-order valence-electron chi connectivity index (χ3n) is 4.31. The van der Waals surface area contributed by atoms with Crippen LogP contribution >= 0.6 is 9.24 Å². The fourth-order valence-corrected chi connectivity index (χ4v) is 3.60. The van der Waals surface area contributed by atoms with Crippen LogP contribution in [0.25, 0.3) is 11.1 Å². The van der Waals surface area contributed by atoms with Crippen LogP contribution in [0.1, 0.15) is 55.6 Å². The van der Waals surface area contributed by atoms with Gasteiger partial charge in [0.2, 0.25) is 0 Å². The molecule has 0 saturated carbocycles. The number of hydrogen-bond acceptors (Lipinski definition) is 1. The van der Waals surface area contributed by atoms with Crippen LogP contribution in [0.4, 0.5) is 0 Å². The molecule has 26 heavy (non-hydrogen) atoms. The second kappa shape index (κ2) is 8.60.